The quantitative estimate of drug-likeness (QED) is 0.426. The first kappa shape index (κ1) is 21.3. The lowest BCUT2D eigenvalue weighted by Crippen LogP contribution is -2.49. The molecule has 9 heteroatoms. The molecule has 3 aromatic heterocycles. The van der Waals surface area contributed by atoms with Gasteiger partial charge < -0.3 is 4.90 Å². The summed E-state index contributed by atoms with van der Waals surface area (Å²) >= 11 is 9.13. The SMILES string of the molecule is O=C(Cn1cnc2scc(-c3cccs3)c2c1=O)N1CCN(Cc2cccc(Cl)c2)CC1. The minimum Gasteiger partial charge on any atom is -0.339 e. The van der Waals surface area contributed by atoms with Gasteiger partial charge in [-0.1, -0.05) is 29.8 Å². The monoisotopic (exact) mass is 484 g/mol. The molecule has 4 aromatic rings. The lowest BCUT2D eigenvalue weighted by Gasteiger charge is -2.34. The summed E-state index contributed by atoms with van der Waals surface area (Å²) in [6.07, 6.45) is 1.49. The van der Waals surface area contributed by atoms with E-state index in [1.165, 1.54) is 27.8 Å². The number of halogens is 1. The van der Waals surface area contributed by atoms with Crippen LogP contribution in [-0.4, -0.2) is 51.4 Å². The number of amides is 1. The van der Waals surface area contributed by atoms with E-state index in [0.717, 1.165) is 35.1 Å². The van der Waals surface area contributed by atoms with Crippen LogP contribution in [-0.2, 0) is 17.9 Å². The third-order valence-electron chi connectivity index (χ3n) is 5.67. The second-order valence-electron chi connectivity index (χ2n) is 7.77. The van der Waals surface area contributed by atoms with Gasteiger partial charge in [-0.2, -0.15) is 0 Å². The highest BCUT2D eigenvalue weighted by Gasteiger charge is 2.22. The van der Waals surface area contributed by atoms with E-state index in [0.29, 0.717) is 23.3 Å². The second-order valence-corrected chi connectivity index (χ2v) is 10.0. The average molecular weight is 485 g/mol. The molecule has 0 bridgehead atoms. The Morgan fingerprint density at radius 2 is 1.94 bits per heavy atom. The zero-order chi connectivity index (χ0) is 22.1. The van der Waals surface area contributed by atoms with Crippen LogP contribution in [0.2, 0.25) is 5.02 Å². The minimum atomic E-state index is -0.160. The summed E-state index contributed by atoms with van der Waals surface area (Å²) in [5, 5.41) is 5.29. The van der Waals surface area contributed by atoms with E-state index in [9.17, 15) is 9.59 Å². The molecule has 0 atom stereocenters. The summed E-state index contributed by atoms with van der Waals surface area (Å²) in [7, 11) is 0. The predicted octanol–water partition coefficient (Wildman–Crippen LogP) is 4.18. The first-order chi connectivity index (χ1) is 15.6. The predicted molar refractivity (Wildman–Crippen MR) is 131 cm³/mol. The van der Waals surface area contributed by atoms with Gasteiger partial charge in [-0.15, -0.1) is 22.7 Å². The number of thiophene rings is 2. The van der Waals surface area contributed by atoms with Crippen molar-refractivity contribution >= 4 is 50.4 Å². The molecular formula is C23H21ClN4O2S2. The number of piperazine rings is 1. The van der Waals surface area contributed by atoms with Crippen molar-refractivity contribution in [3.05, 3.63) is 74.4 Å². The van der Waals surface area contributed by atoms with Crippen LogP contribution in [0.4, 0.5) is 0 Å². The van der Waals surface area contributed by atoms with Gasteiger partial charge in [-0.05, 0) is 29.1 Å². The third kappa shape index (κ3) is 4.36. The molecule has 0 radical (unpaired) electrons. The molecule has 0 unspecified atom stereocenters. The van der Waals surface area contributed by atoms with Crippen LogP contribution >= 0.6 is 34.3 Å². The van der Waals surface area contributed by atoms with Gasteiger partial charge in [0.25, 0.3) is 5.56 Å². The molecule has 164 valence electrons. The molecule has 4 heterocycles. The lowest BCUT2D eigenvalue weighted by molar-refractivity contribution is -0.133. The van der Waals surface area contributed by atoms with E-state index in [1.807, 2.05) is 46.0 Å². The van der Waals surface area contributed by atoms with Crippen molar-refractivity contribution in [1.82, 2.24) is 19.4 Å². The van der Waals surface area contributed by atoms with Gasteiger partial charge in [-0.3, -0.25) is 19.1 Å². The van der Waals surface area contributed by atoms with Crippen molar-refractivity contribution < 1.29 is 4.79 Å². The Kier molecular flexibility index (Phi) is 6.10. The van der Waals surface area contributed by atoms with E-state index in [1.54, 1.807) is 11.3 Å². The fourth-order valence-electron chi connectivity index (χ4n) is 3.99. The summed E-state index contributed by atoms with van der Waals surface area (Å²) in [6, 6.07) is 11.8. The summed E-state index contributed by atoms with van der Waals surface area (Å²) in [5.74, 6) is -0.0523. The molecule has 1 aromatic carbocycles. The zero-order valence-corrected chi connectivity index (χ0v) is 19.6. The van der Waals surface area contributed by atoms with Crippen LogP contribution in [0.25, 0.3) is 20.7 Å². The fraction of sp³-hybridized carbons (Fsp3) is 0.261. The first-order valence-corrected chi connectivity index (χ1v) is 12.5. The number of hydrogen-bond acceptors (Lipinski definition) is 6. The molecule has 1 aliphatic heterocycles. The van der Waals surface area contributed by atoms with Gasteiger partial charge in [0.15, 0.2) is 0 Å². The molecule has 1 amide bonds. The van der Waals surface area contributed by atoms with E-state index in [4.69, 9.17) is 11.6 Å². The Hall–Kier alpha value is -2.52. The molecule has 5 rings (SSSR count). The Bertz CT molecular complexity index is 1310. The molecule has 1 aliphatic rings. The van der Waals surface area contributed by atoms with Gasteiger partial charge in [0.2, 0.25) is 5.91 Å². The molecule has 0 N–H and O–H groups in total. The standard InChI is InChI=1S/C23H21ClN4O2S2/c24-17-4-1-3-16(11-17)12-26-6-8-27(9-7-26)20(29)13-28-15-25-22-21(23(28)30)18(14-32-22)19-5-2-10-31-19/h1-5,10-11,14-15H,6-9,12-13H2. The van der Waals surface area contributed by atoms with Crippen molar-refractivity contribution in [2.24, 2.45) is 0 Å². The molecule has 1 saturated heterocycles. The maximum atomic E-state index is 13.2. The largest absolute Gasteiger partial charge is 0.339 e. The van der Waals surface area contributed by atoms with Crippen molar-refractivity contribution in [2.75, 3.05) is 26.2 Å². The summed E-state index contributed by atoms with van der Waals surface area (Å²) in [6.45, 7) is 3.68. The first-order valence-electron chi connectivity index (χ1n) is 10.3. The van der Waals surface area contributed by atoms with Crippen LogP contribution in [0.15, 0.2) is 58.3 Å². The molecule has 0 aliphatic carbocycles. The van der Waals surface area contributed by atoms with Gasteiger partial charge in [0, 0.05) is 53.6 Å². The van der Waals surface area contributed by atoms with E-state index < -0.39 is 0 Å². The topological polar surface area (TPSA) is 58.4 Å². The van der Waals surface area contributed by atoms with Gasteiger partial charge in [0.05, 0.1) is 11.7 Å². The smallest absolute Gasteiger partial charge is 0.263 e. The summed E-state index contributed by atoms with van der Waals surface area (Å²) in [4.78, 5) is 36.4. The van der Waals surface area contributed by atoms with Crippen molar-refractivity contribution in [3.8, 4) is 10.4 Å². The molecule has 0 spiro atoms. The van der Waals surface area contributed by atoms with Crippen LogP contribution < -0.4 is 5.56 Å². The molecular weight excluding hydrogens is 464 g/mol. The number of fused-ring (bicyclic) bond motifs is 1. The number of benzene rings is 1. The molecule has 1 fully saturated rings. The molecule has 0 saturated carbocycles. The highest BCUT2D eigenvalue weighted by Crippen LogP contribution is 2.33. The van der Waals surface area contributed by atoms with E-state index >= 15 is 0 Å². The number of carbonyl (C=O) groups is 1. The van der Waals surface area contributed by atoms with Crippen LogP contribution in [0.1, 0.15) is 5.56 Å². The maximum Gasteiger partial charge on any atom is 0.263 e. The number of aromatic nitrogens is 2. The molecule has 32 heavy (non-hydrogen) atoms. The van der Waals surface area contributed by atoms with Crippen molar-refractivity contribution in [3.63, 3.8) is 0 Å². The zero-order valence-electron chi connectivity index (χ0n) is 17.2. The van der Waals surface area contributed by atoms with Crippen LogP contribution in [0.5, 0.6) is 0 Å². The van der Waals surface area contributed by atoms with Crippen molar-refractivity contribution in [2.45, 2.75) is 13.1 Å². The second kappa shape index (κ2) is 9.15. The lowest BCUT2D eigenvalue weighted by atomic mass is 10.2. The maximum absolute atomic E-state index is 13.2. The van der Waals surface area contributed by atoms with E-state index in [-0.39, 0.29) is 18.0 Å². The van der Waals surface area contributed by atoms with Gasteiger partial charge in [0.1, 0.15) is 11.4 Å². The summed E-state index contributed by atoms with van der Waals surface area (Å²) < 4.78 is 1.44. The van der Waals surface area contributed by atoms with Gasteiger partial charge in [-0.25, -0.2) is 4.98 Å². The third-order valence-corrected chi connectivity index (χ3v) is 7.70. The van der Waals surface area contributed by atoms with E-state index in [2.05, 4.69) is 16.0 Å². The Morgan fingerprint density at radius 1 is 1.09 bits per heavy atom. The number of rotatable bonds is 5. The van der Waals surface area contributed by atoms with Gasteiger partial charge >= 0.3 is 0 Å². The number of carbonyl (C=O) groups excluding carboxylic acids is 1. The summed E-state index contributed by atoms with van der Waals surface area (Å²) in [5.41, 5.74) is 1.90. The fourth-order valence-corrected chi connectivity index (χ4v) is 5.92. The Morgan fingerprint density at radius 3 is 2.69 bits per heavy atom. The number of nitrogens with zero attached hydrogens (tertiary/aromatic N) is 4. The molecule has 6 nitrogen and oxygen atoms in total. The normalized spacial score (nSPS) is 14.8. The Balaban J connectivity index is 1.26. The number of hydrogen-bond donors (Lipinski definition) is 0. The minimum absolute atomic E-state index is 0.00972. The Labute approximate surface area is 198 Å². The highest BCUT2D eigenvalue weighted by atomic mass is 35.5. The van der Waals surface area contributed by atoms with Crippen LogP contribution in [0.3, 0.4) is 0 Å². The average Bonchev–Trinajstić information content (AvgIpc) is 3.46. The highest BCUT2D eigenvalue weighted by molar-refractivity contribution is 7.18. The van der Waals surface area contributed by atoms with Crippen LogP contribution in [0, 0.1) is 0 Å². The van der Waals surface area contributed by atoms with Crippen molar-refractivity contribution in [1.29, 1.82) is 0 Å².